The van der Waals surface area contributed by atoms with Gasteiger partial charge in [-0.2, -0.15) is 0 Å². The zero-order chi connectivity index (χ0) is 17.9. The summed E-state index contributed by atoms with van der Waals surface area (Å²) >= 11 is 1.57. The average Bonchev–Trinajstić information content (AvgIpc) is 3.16. The lowest BCUT2D eigenvalue weighted by Crippen LogP contribution is -2.48. The maximum Gasteiger partial charge on any atom is 0.236 e. The van der Waals surface area contributed by atoms with E-state index in [1.807, 2.05) is 19.2 Å². The topological polar surface area (TPSA) is 54.5 Å². The molecule has 1 fully saturated rings. The molecule has 25 heavy (non-hydrogen) atoms. The van der Waals surface area contributed by atoms with Crippen molar-refractivity contribution in [2.24, 2.45) is 0 Å². The first-order valence-corrected chi connectivity index (χ1v) is 9.13. The van der Waals surface area contributed by atoms with Gasteiger partial charge in [0.05, 0.1) is 25.2 Å². The number of halogens is 1. The highest BCUT2D eigenvalue weighted by molar-refractivity contribution is 7.09. The molecule has 3 rings (SSSR count). The van der Waals surface area contributed by atoms with Crippen molar-refractivity contribution in [2.45, 2.75) is 25.5 Å². The lowest BCUT2D eigenvalue weighted by atomic mass is 10.1. The summed E-state index contributed by atoms with van der Waals surface area (Å²) in [6, 6.07) is 6.24. The molecule has 1 aromatic heterocycles. The third-order valence-corrected chi connectivity index (χ3v) is 5.41. The highest BCUT2D eigenvalue weighted by Gasteiger charge is 2.28. The Morgan fingerprint density at radius 1 is 1.44 bits per heavy atom. The van der Waals surface area contributed by atoms with E-state index in [9.17, 15) is 9.18 Å². The van der Waals surface area contributed by atoms with Gasteiger partial charge in [0.15, 0.2) is 0 Å². The van der Waals surface area contributed by atoms with E-state index in [4.69, 9.17) is 4.74 Å². The second-order valence-electron chi connectivity index (χ2n) is 6.57. The summed E-state index contributed by atoms with van der Waals surface area (Å²) in [6.45, 7) is 5.78. The number of thiazole rings is 1. The van der Waals surface area contributed by atoms with Gasteiger partial charge in [-0.15, -0.1) is 11.3 Å². The molecule has 1 aromatic carbocycles. The molecule has 7 heteroatoms. The molecule has 2 heterocycles. The summed E-state index contributed by atoms with van der Waals surface area (Å²) in [5.74, 6) is -0.249. The number of amides is 1. The van der Waals surface area contributed by atoms with Gasteiger partial charge in [-0.1, -0.05) is 12.1 Å². The molecule has 134 valence electrons. The van der Waals surface area contributed by atoms with Crippen molar-refractivity contribution < 1.29 is 13.9 Å². The van der Waals surface area contributed by atoms with E-state index in [-0.39, 0.29) is 29.9 Å². The van der Waals surface area contributed by atoms with Gasteiger partial charge in [-0.3, -0.25) is 10.1 Å². The van der Waals surface area contributed by atoms with Gasteiger partial charge in [0, 0.05) is 18.1 Å². The molecule has 2 aromatic rings. The molecular weight excluding hydrogens is 341 g/mol. The number of hydrogen-bond donors (Lipinski definition) is 1. The lowest BCUT2D eigenvalue weighted by molar-refractivity contribution is -0.138. The van der Waals surface area contributed by atoms with Crippen LogP contribution in [0.1, 0.15) is 30.5 Å². The summed E-state index contributed by atoms with van der Waals surface area (Å²) < 4.78 is 18.8. The van der Waals surface area contributed by atoms with Crippen LogP contribution in [0.15, 0.2) is 35.8 Å². The molecular formula is C18H22FN3O2S. The minimum atomic E-state index is -0.355. The third-order valence-electron chi connectivity index (χ3n) is 4.31. The maximum absolute atomic E-state index is 13.1. The van der Waals surface area contributed by atoms with Gasteiger partial charge in [-0.05, 0) is 31.5 Å². The first-order chi connectivity index (χ1) is 12.0. The van der Waals surface area contributed by atoms with Crippen LogP contribution in [0.25, 0.3) is 0 Å². The van der Waals surface area contributed by atoms with Crippen LogP contribution in [0.4, 0.5) is 4.39 Å². The van der Waals surface area contributed by atoms with Crippen LogP contribution in [0.2, 0.25) is 0 Å². The molecule has 1 aliphatic rings. The fourth-order valence-electron chi connectivity index (χ4n) is 2.77. The van der Waals surface area contributed by atoms with Gasteiger partial charge in [0.25, 0.3) is 0 Å². The summed E-state index contributed by atoms with van der Waals surface area (Å²) in [6.07, 6.45) is 1.55. The number of nitrogens with one attached hydrogen (secondary N) is 1. The van der Waals surface area contributed by atoms with Crippen molar-refractivity contribution in [1.82, 2.24) is 15.2 Å². The first kappa shape index (κ1) is 18.0. The van der Waals surface area contributed by atoms with E-state index in [2.05, 4.69) is 10.3 Å². The Hall–Kier alpha value is -1.83. The van der Waals surface area contributed by atoms with Gasteiger partial charge < -0.3 is 9.64 Å². The van der Waals surface area contributed by atoms with E-state index >= 15 is 0 Å². The molecule has 1 amide bonds. The molecule has 0 spiro atoms. The zero-order valence-electron chi connectivity index (χ0n) is 14.4. The number of carbonyl (C=O) groups excluding carboxylic acids is 1. The van der Waals surface area contributed by atoms with Gasteiger partial charge in [-0.25, -0.2) is 9.37 Å². The van der Waals surface area contributed by atoms with Gasteiger partial charge >= 0.3 is 0 Å². The van der Waals surface area contributed by atoms with Crippen molar-refractivity contribution in [3.05, 3.63) is 52.2 Å². The summed E-state index contributed by atoms with van der Waals surface area (Å²) in [7, 11) is 0. The summed E-state index contributed by atoms with van der Waals surface area (Å²) in [5.41, 5.74) is 0.530. The Morgan fingerprint density at radius 2 is 2.20 bits per heavy atom. The molecule has 1 atom stereocenters. The maximum atomic E-state index is 13.1. The fraction of sp³-hybridized carbons (Fsp3) is 0.444. The number of aromatic nitrogens is 1. The first-order valence-electron chi connectivity index (χ1n) is 8.25. The number of rotatable bonds is 5. The molecule has 1 saturated heterocycles. The smallest absolute Gasteiger partial charge is 0.236 e. The van der Waals surface area contributed by atoms with Crippen LogP contribution in [-0.2, 0) is 15.1 Å². The Labute approximate surface area is 150 Å². The molecule has 5 nitrogen and oxygen atoms in total. The molecule has 1 N–H and O–H groups in total. The van der Waals surface area contributed by atoms with Crippen LogP contribution in [0.5, 0.6) is 0 Å². The number of carbonyl (C=O) groups is 1. The molecule has 0 saturated carbocycles. The minimum absolute atomic E-state index is 0.0278. The highest BCUT2D eigenvalue weighted by Crippen LogP contribution is 2.24. The predicted molar refractivity (Wildman–Crippen MR) is 94.8 cm³/mol. The van der Waals surface area contributed by atoms with Gasteiger partial charge in [0.1, 0.15) is 16.9 Å². The van der Waals surface area contributed by atoms with E-state index in [0.717, 1.165) is 10.6 Å². The van der Waals surface area contributed by atoms with Crippen LogP contribution >= 0.6 is 11.3 Å². The number of benzene rings is 1. The SMILES string of the molecule is CC(C)(NCC(=O)N1CCOC(c2ccc(F)cc2)C1)c1nccs1. The predicted octanol–water partition coefficient (Wildman–Crippen LogP) is 2.71. The molecule has 0 aliphatic carbocycles. The monoisotopic (exact) mass is 363 g/mol. The number of nitrogens with zero attached hydrogens (tertiary/aromatic N) is 2. The number of morpholine rings is 1. The Balaban J connectivity index is 1.57. The van der Waals surface area contributed by atoms with E-state index in [1.54, 1.807) is 34.6 Å². The fourth-order valence-corrected chi connectivity index (χ4v) is 3.51. The molecule has 0 radical (unpaired) electrons. The van der Waals surface area contributed by atoms with Crippen molar-refractivity contribution >= 4 is 17.2 Å². The number of ether oxygens (including phenoxy) is 1. The van der Waals surface area contributed by atoms with E-state index < -0.39 is 0 Å². The Morgan fingerprint density at radius 3 is 2.88 bits per heavy atom. The minimum Gasteiger partial charge on any atom is -0.370 e. The zero-order valence-corrected chi connectivity index (χ0v) is 15.2. The molecule has 1 aliphatic heterocycles. The van der Waals surface area contributed by atoms with Crippen molar-refractivity contribution in [2.75, 3.05) is 26.2 Å². The van der Waals surface area contributed by atoms with Gasteiger partial charge in [0.2, 0.25) is 5.91 Å². The third kappa shape index (κ3) is 4.42. The van der Waals surface area contributed by atoms with Crippen LogP contribution in [0, 0.1) is 5.82 Å². The van der Waals surface area contributed by atoms with Crippen molar-refractivity contribution in [3.63, 3.8) is 0 Å². The molecule has 1 unspecified atom stereocenters. The summed E-state index contributed by atoms with van der Waals surface area (Å²) in [5, 5.41) is 6.16. The lowest BCUT2D eigenvalue weighted by Gasteiger charge is -2.34. The van der Waals surface area contributed by atoms with Crippen LogP contribution in [0.3, 0.4) is 0 Å². The van der Waals surface area contributed by atoms with Crippen molar-refractivity contribution in [3.8, 4) is 0 Å². The standard InChI is InChI=1S/C18H22FN3O2S/c1-18(2,17-20-7-10-25-17)21-11-16(23)22-8-9-24-15(12-22)13-3-5-14(19)6-4-13/h3-7,10,15,21H,8-9,11-12H2,1-2H3. The Bertz CT molecular complexity index is 704. The Kier molecular flexibility index (Phi) is 5.46. The highest BCUT2D eigenvalue weighted by atomic mass is 32.1. The largest absolute Gasteiger partial charge is 0.370 e. The number of hydrogen-bond acceptors (Lipinski definition) is 5. The van der Waals surface area contributed by atoms with Crippen LogP contribution < -0.4 is 5.32 Å². The summed E-state index contributed by atoms with van der Waals surface area (Å²) in [4.78, 5) is 18.7. The van der Waals surface area contributed by atoms with Crippen molar-refractivity contribution in [1.29, 1.82) is 0 Å². The normalized spacial score (nSPS) is 18.4. The van der Waals surface area contributed by atoms with Crippen LogP contribution in [-0.4, -0.2) is 42.0 Å². The molecule has 0 bridgehead atoms. The van der Waals surface area contributed by atoms with E-state index in [1.165, 1.54) is 12.1 Å². The van der Waals surface area contributed by atoms with E-state index in [0.29, 0.717) is 19.7 Å². The second kappa shape index (κ2) is 7.59. The quantitative estimate of drug-likeness (QED) is 0.887. The second-order valence-corrected chi connectivity index (χ2v) is 7.46. The average molecular weight is 363 g/mol.